The average molecular weight is 477 g/mol. The van der Waals surface area contributed by atoms with E-state index in [4.69, 9.17) is 5.14 Å². The number of benzene rings is 3. The van der Waals surface area contributed by atoms with Gasteiger partial charge < -0.3 is 4.90 Å². The minimum absolute atomic E-state index is 0.217. The number of sulfonamides is 1. The molecule has 0 bridgehead atoms. The van der Waals surface area contributed by atoms with Crippen molar-refractivity contribution in [1.82, 2.24) is 4.90 Å². The van der Waals surface area contributed by atoms with Gasteiger partial charge in [0.25, 0.3) is 0 Å². The van der Waals surface area contributed by atoms with Crippen LogP contribution in [-0.4, -0.2) is 33.5 Å². The molecule has 34 heavy (non-hydrogen) atoms. The summed E-state index contributed by atoms with van der Waals surface area (Å²) in [6.45, 7) is 1.66. The van der Waals surface area contributed by atoms with E-state index in [0.717, 1.165) is 42.3 Å². The second kappa shape index (κ2) is 10.5. The largest absolute Gasteiger partial charge is 0.302 e. The van der Waals surface area contributed by atoms with Crippen LogP contribution in [0.2, 0.25) is 0 Å². The van der Waals surface area contributed by atoms with Crippen LogP contribution in [0.4, 0.5) is 4.39 Å². The molecule has 6 heteroatoms. The zero-order chi connectivity index (χ0) is 24.1. The lowest BCUT2D eigenvalue weighted by Gasteiger charge is -2.17. The van der Waals surface area contributed by atoms with Crippen molar-refractivity contribution in [2.24, 2.45) is 5.14 Å². The van der Waals surface area contributed by atoms with Crippen molar-refractivity contribution in [2.45, 2.75) is 23.7 Å². The lowest BCUT2D eigenvalue weighted by Crippen LogP contribution is -2.23. The average Bonchev–Trinajstić information content (AvgIpc) is 3.20. The van der Waals surface area contributed by atoms with Crippen molar-refractivity contribution in [1.29, 1.82) is 0 Å². The lowest BCUT2D eigenvalue weighted by molar-refractivity contribution is 0.369. The number of hydrogen-bond acceptors (Lipinski definition) is 3. The second-order valence-corrected chi connectivity index (χ2v) is 10.4. The van der Waals surface area contributed by atoms with Gasteiger partial charge in [0, 0.05) is 19.0 Å². The SMILES string of the molecule is CN(CCc1ccccc1)CC1=CC(c2ccc(S(N)(=O)=O)cc2F)C(Cc2ccccc2)=C1. The van der Waals surface area contributed by atoms with Crippen molar-refractivity contribution >= 4 is 10.0 Å². The summed E-state index contributed by atoms with van der Waals surface area (Å²) in [5.74, 6) is -0.822. The Labute approximate surface area is 201 Å². The number of rotatable bonds is 9. The molecule has 0 fully saturated rings. The highest BCUT2D eigenvalue weighted by Gasteiger charge is 2.25. The zero-order valence-electron chi connectivity index (χ0n) is 19.2. The van der Waals surface area contributed by atoms with Crippen molar-refractivity contribution in [3.8, 4) is 0 Å². The molecule has 0 heterocycles. The molecule has 3 aromatic rings. The first-order valence-electron chi connectivity index (χ1n) is 11.3. The van der Waals surface area contributed by atoms with Gasteiger partial charge in [0.15, 0.2) is 0 Å². The standard InChI is InChI=1S/C28H29FN2O2S/c1-31(15-14-21-8-4-2-5-9-21)20-23-17-24(16-22-10-6-3-7-11-22)27(18-23)26-13-12-25(19-28(26)29)34(30,32)33/h2-13,17-19,27H,14-16,20H2,1H3,(H2,30,32,33). The van der Waals surface area contributed by atoms with E-state index in [-0.39, 0.29) is 10.8 Å². The van der Waals surface area contributed by atoms with Crippen LogP contribution >= 0.6 is 0 Å². The predicted molar refractivity (Wildman–Crippen MR) is 134 cm³/mol. The summed E-state index contributed by atoms with van der Waals surface area (Å²) in [4.78, 5) is 2.04. The highest BCUT2D eigenvalue weighted by molar-refractivity contribution is 7.89. The van der Waals surface area contributed by atoms with Crippen LogP contribution < -0.4 is 5.14 Å². The van der Waals surface area contributed by atoms with Crippen LogP contribution in [0.5, 0.6) is 0 Å². The van der Waals surface area contributed by atoms with Gasteiger partial charge >= 0.3 is 0 Å². The molecule has 0 aliphatic heterocycles. The minimum atomic E-state index is -3.96. The normalized spacial score (nSPS) is 15.9. The third-order valence-electron chi connectivity index (χ3n) is 6.12. The molecule has 1 unspecified atom stereocenters. The van der Waals surface area contributed by atoms with E-state index in [1.54, 1.807) is 0 Å². The Hall–Kier alpha value is -3.06. The van der Waals surface area contributed by atoms with Crippen molar-refractivity contribution in [3.05, 3.63) is 125 Å². The summed E-state index contributed by atoms with van der Waals surface area (Å²) in [5, 5.41) is 5.18. The molecule has 4 nitrogen and oxygen atoms in total. The van der Waals surface area contributed by atoms with Crippen LogP contribution in [0.1, 0.15) is 22.6 Å². The Morgan fingerprint density at radius 2 is 1.59 bits per heavy atom. The molecule has 1 aliphatic rings. The highest BCUT2D eigenvalue weighted by atomic mass is 32.2. The summed E-state index contributed by atoms with van der Waals surface area (Å²) in [7, 11) is -1.87. The van der Waals surface area contributed by atoms with Crippen LogP contribution in [0, 0.1) is 5.82 Å². The fourth-order valence-corrected chi connectivity index (χ4v) is 4.90. The van der Waals surface area contributed by atoms with E-state index >= 15 is 4.39 Å². The fraction of sp³-hybridized carbons (Fsp3) is 0.214. The quantitative estimate of drug-likeness (QED) is 0.481. The second-order valence-electron chi connectivity index (χ2n) is 8.80. The van der Waals surface area contributed by atoms with E-state index < -0.39 is 15.8 Å². The lowest BCUT2D eigenvalue weighted by atomic mass is 9.89. The molecule has 0 aromatic heterocycles. The molecular weight excluding hydrogens is 447 g/mol. The highest BCUT2D eigenvalue weighted by Crippen LogP contribution is 2.37. The zero-order valence-corrected chi connectivity index (χ0v) is 20.0. The van der Waals surface area contributed by atoms with Gasteiger partial charge in [-0.2, -0.15) is 0 Å². The van der Waals surface area contributed by atoms with Gasteiger partial charge in [-0.1, -0.05) is 84.5 Å². The number of nitrogens with zero attached hydrogens (tertiary/aromatic N) is 1. The molecule has 3 aromatic carbocycles. The molecule has 2 N–H and O–H groups in total. The van der Waals surface area contributed by atoms with Crippen molar-refractivity contribution in [2.75, 3.05) is 20.1 Å². The maximum absolute atomic E-state index is 15.1. The fourth-order valence-electron chi connectivity index (χ4n) is 4.37. The number of allylic oxidation sites excluding steroid dienone is 2. The number of primary sulfonamides is 1. The molecule has 1 aliphatic carbocycles. The number of halogens is 1. The molecule has 176 valence electrons. The van der Waals surface area contributed by atoms with E-state index in [1.807, 2.05) is 36.4 Å². The first-order chi connectivity index (χ1) is 16.3. The Morgan fingerprint density at radius 1 is 0.941 bits per heavy atom. The Kier molecular flexibility index (Phi) is 7.41. The Bertz CT molecular complexity index is 1300. The van der Waals surface area contributed by atoms with E-state index in [1.165, 1.54) is 17.7 Å². The van der Waals surface area contributed by atoms with E-state index in [9.17, 15) is 8.42 Å². The van der Waals surface area contributed by atoms with Gasteiger partial charge in [0.2, 0.25) is 10.0 Å². The van der Waals surface area contributed by atoms with Crippen LogP contribution in [-0.2, 0) is 22.9 Å². The molecule has 0 radical (unpaired) electrons. The monoisotopic (exact) mass is 476 g/mol. The number of hydrogen-bond donors (Lipinski definition) is 1. The van der Waals surface area contributed by atoms with Gasteiger partial charge in [-0.3, -0.25) is 0 Å². The van der Waals surface area contributed by atoms with Gasteiger partial charge in [0.1, 0.15) is 5.82 Å². The third kappa shape index (κ3) is 6.08. The first kappa shape index (κ1) is 24.1. The minimum Gasteiger partial charge on any atom is -0.302 e. The number of likely N-dealkylation sites (N-methyl/N-ethyl adjacent to an activating group) is 1. The summed E-state index contributed by atoms with van der Waals surface area (Å²) in [6, 6.07) is 24.4. The maximum atomic E-state index is 15.1. The van der Waals surface area contributed by atoms with E-state index in [0.29, 0.717) is 12.0 Å². The molecule has 0 saturated heterocycles. The molecule has 0 saturated carbocycles. The van der Waals surface area contributed by atoms with E-state index in [2.05, 4.69) is 48.4 Å². The summed E-state index contributed by atoms with van der Waals surface area (Å²) >= 11 is 0. The predicted octanol–water partition coefficient (Wildman–Crippen LogP) is 4.84. The van der Waals surface area contributed by atoms with Crippen molar-refractivity contribution < 1.29 is 12.8 Å². The summed E-state index contributed by atoms with van der Waals surface area (Å²) in [5.41, 5.74) is 5.11. The Balaban J connectivity index is 1.56. The van der Waals surface area contributed by atoms with Crippen molar-refractivity contribution in [3.63, 3.8) is 0 Å². The van der Waals surface area contributed by atoms with Gasteiger partial charge in [-0.25, -0.2) is 17.9 Å². The molecular formula is C28H29FN2O2S. The Morgan fingerprint density at radius 3 is 2.21 bits per heavy atom. The van der Waals surface area contributed by atoms with Crippen LogP contribution in [0.25, 0.3) is 0 Å². The van der Waals surface area contributed by atoms with Gasteiger partial charge in [-0.05, 0) is 54.3 Å². The smallest absolute Gasteiger partial charge is 0.238 e. The molecule has 0 amide bonds. The molecule has 1 atom stereocenters. The summed E-state index contributed by atoms with van der Waals surface area (Å²) in [6.07, 6.45) is 5.89. The van der Waals surface area contributed by atoms with Gasteiger partial charge in [0.05, 0.1) is 4.90 Å². The summed E-state index contributed by atoms with van der Waals surface area (Å²) < 4.78 is 38.3. The number of nitrogens with two attached hydrogens (primary N) is 1. The molecule has 0 spiro atoms. The topological polar surface area (TPSA) is 63.4 Å². The maximum Gasteiger partial charge on any atom is 0.238 e. The van der Waals surface area contributed by atoms with Gasteiger partial charge in [-0.15, -0.1) is 0 Å². The van der Waals surface area contributed by atoms with Crippen LogP contribution in [0.15, 0.2) is 107 Å². The first-order valence-corrected chi connectivity index (χ1v) is 12.8. The third-order valence-corrected chi connectivity index (χ3v) is 7.03. The van der Waals surface area contributed by atoms with Crippen LogP contribution in [0.3, 0.4) is 0 Å². The molecule has 4 rings (SSSR count).